The first-order valence-electron chi connectivity index (χ1n) is 7.81. The van der Waals surface area contributed by atoms with Crippen LogP contribution in [0.2, 0.25) is 0 Å². The maximum atomic E-state index is 12.6. The van der Waals surface area contributed by atoms with Gasteiger partial charge in [0, 0.05) is 18.8 Å². The van der Waals surface area contributed by atoms with Crippen LogP contribution in [0.25, 0.3) is 0 Å². The van der Waals surface area contributed by atoms with Crippen molar-refractivity contribution in [3.8, 4) is 0 Å². The average molecular weight is 329 g/mol. The number of aliphatic carboxylic acids is 1. The lowest BCUT2D eigenvalue weighted by molar-refractivity contribution is -0.137. The molecule has 2 heterocycles. The predicted molar refractivity (Wildman–Crippen MR) is 88.2 cm³/mol. The van der Waals surface area contributed by atoms with Gasteiger partial charge in [0.2, 0.25) is 5.95 Å². The zero-order chi connectivity index (χ0) is 17.1. The molecular weight excluding hydrogens is 310 g/mol. The molecule has 1 fully saturated rings. The van der Waals surface area contributed by atoms with Crippen LogP contribution >= 0.6 is 0 Å². The van der Waals surface area contributed by atoms with E-state index in [-0.39, 0.29) is 18.4 Å². The fraction of sp³-hybridized carbons (Fsp3) is 0.375. The summed E-state index contributed by atoms with van der Waals surface area (Å²) >= 11 is 0. The summed E-state index contributed by atoms with van der Waals surface area (Å²) in [5.74, 6) is -1.23. The molecule has 8 nitrogen and oxygen atoms in total. The molecule has 1 aliphatic rings. The van der Waals surface area contributed by atoms with Gasteiger partial charge in [-0.1, -0.05) is 11.6 Å². The Bertz CT molecular complexity index is 765. The molecule has 1 aromatic carbocycles. The second-order valence-electron chi connectivity index (χ2n) is 5.83. The van der Waals surface area contributed by atoms with Crippen molar-refractivity contribution >= 4 is 23.5 Å². The third-order valence-electron chi connectivity index (χ3n) is 3.90. The highest BCUT2D eigenvalue weighted by atomic mass is 16.4. The van der Waals surface area contributed by atoms with Gasteiger partial charge in [0.15, 0.2) is 0 Å². The van der Waals surface area contributed by atoms with Crippen LogP contribution in [0.15, 0.2) is 24.5 Å². The number of carboxylic acid groups (broad SMARTS) is 1. The Hall–Kier alpha value is -2.90. The molecular formula is C16H19N5O3. The Morgan fingerprint density at radius 2 is 2.04 bits per heavy atom. The number of amides is 1. The van der Waals surface area contributed by atoms with E-state index in [9.17, 15) is 9.59 Å². The van der Waals surface area contributed by atoms with Crippen molar-refractivity contribution in [2.75, 3.05) is 23.3 Å². The molecule has 0 aliphatic carbocycles. The van der Waals surface area contributed by atoms with Crippen molar-refractivity contribution in [3.63, 3.8) is 0 Å². The van der Waals surface area contributed by atoms with Gasteiger partial charge in [0.1, 0.15) is 12.9 Å². The van der Waals surface area contributed by atoms with Crippen LogP contribution in [0, 0.1) is 6.92 Å². The molecule has 0 saturated carbocycles. The number of hydrogen-bond donors (Lipinski definition) is 2. The quantitative estimate of drug-likeness (QED) is 0.863. The molecule has 1 aliphatic heterocycles. The molecule has 126 valence electrons. The Balaban J connectivity index is 1.80. The van der Waals surface area contributed by atoms with E-state index in [1.165, 1.54) is 6.33 Å². The van der Waals surface area contributed by atoms with E-state index in [0.29, 0.717) is 5.56 Å². The van der Waals surface area contributed by atoms with Crippen LogP contribution in [0.1, 0.15) is 28.8 Å². The fourth-order valence-corrected chi connectivity index (χ4v) is 2.80. The minimum atomic E-state index is -1.02. The average Bonchev–Trinajstić information content (AvgIpc) is 3.18. The molecule has 3 rings (SSSR count). The fourth-order valence-electron chi connectivity index (χ4n) is 2.80. The summed E-state index contributed by atoms with van der Waals surface area (Å²) in [6.45, 7) is 3.51. The smallest absolute Gasteiger partial charge is 0.325 e. The van der Waals surface area contributed by atoms with Crippen molar-refractivity contribution < 1.29 is 14.7 Å². The van der Waals surface area contributed by atoms with Crippen LogP contribution in [-0.2, 0) is 11.3 Å². The standard InChI is InChI=1S/C16H19N5O3/c1-11-4-5-13(20-6-2-3-7-20)12(8-11)15(24)18-16-17-10-21(19-16)9-14(22)23/h4-5,8,10H,2-3,6-7,9H2,1H3,(H,22,23)(H,18,19,24). The van der Waals surface area contributed by atoms with Crippen LogP contribution in [0.5, 0.6) is 0 Å². The third kappa shape index (κ3) is 3.53. The zero-order valence-electron chi connectivity index (χ0n) is 13.4. The van der Waals surface area contributed by atoms with Gasteiger partial charge in [0.05, 0.1) is 5.56 Å². The maximum Gasteiger partial charge on any atom is 0.325 e. The molecule has 1 saturated heterocycles. The van der Waals surface area contributed by atoms with Crippen molar-refractivity contribution in [2.24, 2.45) is 0 Å². The van der Waals surface area contributed by atoms with Crippen molar-refractivity contribution in [2.45, 2.75) is 26.3 Å². The molecule has 1 amide bonds. The third-order valence-corrected chi connectivity index (χ3v) is 3.90. The largest absolute Gasteiger partial charge is 0.480 e. The van der Waals surface area contributed by atoms with E-state index < -0.39 is 5.97 Å². The van der Waals surface area contributed by atoms with Gasteiger partial charge in [0.25, 0.3) is 5.91 Å². The summed E-state index contributed by atoms with van der Waals surface area (Å²) in [7, 11) is 0. The molecule has 0 radical (unpaired) electrons. The van der Waals surface area contributed by atoms with Gasteiger partial charge in [-0.3, -0.25) is 14.9 Å². The number of benzene rings is 1. The minimum absolute atomic E-state index is 0.0927. The topological polar surface area (TPSA) is 100 Å². The Morgan fingerprint density at radius 1 is 1.29 bits per heavy atom. The maximum absolute atomic E-state index is 12.6. The Morgan fingerprint density at radius 3 is 2.75 bits per heavy atom. The number of carbonyl (C=O) groups is 2. The van der Waals surface area contributed by atoms with Crippen LogP contribution in [0.4, 0.5) is 11.6 Å². The lowest BCUT2D eigenvalue weighted by atomic mass is 10.1. The van der Waals surface area contributed by atoms with Gasteiger partial charge < -0.3 is 10.0 Å². The van der Waals surface area contributed by atoms with Crippen LogP contribution in [0.3, 0.4) is 0 Å². The Kier molecular flexibility index (Phi) is 4.45. The molecule has 8 heteroatoms. The summed E-state index contributed by atoms with van der Waals surface area (Å²) in [6, 6.07) is 5.80. The van der Waals surface area contributed by atoms with E-state index in [4.69, 9.17) is 5.11 Å². The first kappa shape index (κ1) is 16.0. The number of anilines is 2. The van der Waals surface area contributed by atoms with Gasteiger partial charge >= 0.3 is 5.97 Å². The highest BCUT2D eigenvalue weighted by molar-refractivity contribution is 6.07. The highest BCUT2D eigenvalue weighted by Crippen LogP contribution is 2.26. The summed E-state index contributed by atoms with van der Waals surface area (Å²) in [6.07, 6.45) is 3.52. The number of hydrogen-bond acceptors (Lipinski definition) is 5. The number of carboxylic acids is 1. The summed E-state index contributed by atoms with van der Waals surface area (Å²) < 4.78 is 1.16. The molecule has 0 bridgehead atoms. The lowest BCUT2D eigenvalue weighted by Gasteiger charge is -2.21. The minimum Gasteiger partial charge on any atom is -0.480 e. The van der Waals surface area contributed by atoms with Gasteiger partial charge in [-0.15, -0.1) is 5.10 Å². The molecule has 1 aromatic heterocycles. The number of carbonyl (C=O) groups excluding carboxylic acids is 1. The first-order valence-corrected chi connectivity index (χ1v) is 7.81. The van der Waals surface area contributed by atoms with E-state index >= 15 is 0 Å². The molecule has 0 spiro atoms. The molecule has 2 N–H and O–H groups in total. The van der Waals surface area contributed by atoms with E-state index in [1.54, 1.807) is 0 Å². The van der Waals surface area contributed by atoms with Crippen molar-refractivity contribution in [3.05, 3.63) is 35.7 Å². The number of rotatable bonds is 5. The first-order chi connectivity index (χ1) is 11.5. The summed E-state index contributed by atoms with van der Waals surface area (Å²) in [5, 5.41) is 15.3. The van der Waals surface area contributed by atoms with E-state index in [1.807, 2.05) is 25.1 Å². The van der Waals surface area contributed by atoms with E-state index in [2.05, 4.69) is 20.3 Å². The Labute approximate surface area is 139 Å². The molecule has 24 heavy (non-hydrogen) atoms. The normalized spacial score (nSPS) is 14.0. The monoisotopic (exact) mass is 329 g/mol. The summed E-state index contributed by atoms with van der Waals surface area (Å²) in [4.78, 5) is 29.4. The number of aryl methyl sites for hydroxylation is 1. The van der Waals surface area contributed by atoms with Crippen LogP contribution < -0.4 is 10.2 Å². The molecule has 0 unspecified atom stereocenters. The van der Waals surface area contributed by atoms with Crippen molar-refractivity contribution in [1.29, 1.82) is 0 Å². The predicted octanol–water partition coefficient (Wildman–Crippen LogP) is 1.52. The zero-order valence-corrected chi connectivity index (χ0v) is 13.4. The van der Waals surface area contributed by atoms with Gasteiger partial charge in [-0.05, 0) is 31.9 Å². The van der Waals surface area contributed by atoms with Crippen molar-refractivity contribution in [1.82, 2.24) is 14.8 Å². The van der Waals surface area contributed by atoms with Gasteiger partial charge in [-0.2, -0.15) is 0 Å². The summed E-state index contributed by atoms with van der Waals surface area (Å²) in [5.41, 5.74) is 2.47. The number of aromatic nitrogens is 3. The SMILES string of the molecule is Cc1ccc(N2CCCC2)c(C(=O)Nc2ncn(CC(=O)O)n2)c1. The highest BCUT2D eigenvalue weighted by Gasteiger charge is 2.20. The number of nitrogens with zero attached hydrogens (tertiary/aromatic N) is 4. The van der Waals surface area contributed by atoms with Gasteiger partial charge in [-0.25, -0.2) is 9.67 Å². The molecule has 0 atom stereocenters. The second kappa shape index (κ2) is 6.69. The van der Waals surface area contributed by atoms with E-state index in [0.717, 1.165) is 41.9 Å². The second-order valence-corrected chi connectivity index (χ2v) is 5.83. The molecule has 2 aromatic rings. The lowest BCUT2D eigenvalue weighted by Crippen LogP contribution is -2.23. The number of nitrogens with one attached hydrogen (secondary N) is 1. The van der Waals surface area contributed by atoms with Crippen LogP contribution in [-0.4, -0.2) is 44.8 Å².